The molecule has 2 unspecified atom stereocenters. The van der Waals surface area contributed by atoms with E-state index in [1.54, 1.807) is 0 Å². The van der Waals surface area contributed by atoms with Crippen LogP contribution in [-0.4, -0.2) is 46.6 Å². The topological polar surface area (TPSA) is 55.8 Å². The molecule has 0 saturated carbocycles. The summed E-state index contributed by atoms with van der Waals surface area (Å²) in [4.78, 5) is 7.20. The highest BCUT2D eigenvalue weighted by Gasteiger charge is 2.33. The van der Waals surface area contributed by atoms with Gasteiger partial charge in [-0.3, -0.25) is 4.90 Å². The van der Waals surface area contributed by atoms with Crippen LogP contribution in [0.4, 0.5) is 0 Å². The highest BCUT2D eigenvalue weighted by Crippen LogP contribution is 2.28. The van der Waals surface area contributed by atoms with Crippen molar-refractivity contribution in [2.45, 2.75) is 25.5 Å². The Bertz CT molecular complexity index is 533. The van der Waals surface area contributed by atoms with E-state index in [0.29, 0.717) is 6.54 Å². The molecule has 1 fully saturated rings. The van der Waals surface area contributed by atoms with Gasteiger partial charge in [-0.15, -0.1) is 0 Å². The van der Waals surface area contributed by atoms with Crippen molar-refractivity contribution in [2.24, 2.45) is 5.73 Å². The molecule has 20 heavy (non-hydrogen) atoms. The summed E-state index contributed by atoms with van der Waals surface area (Å²) in [5.74, 6) is 0. The van der Waals surface area contributed by atoms with Crippen molar-refractivity contribution in [3.63, 3.8) is 0 Å². The SMILES string of the molecule is CCCN1CCOC(CN)C1c1cn2ccccc2n1. The Labute approximate surface area is 119 Å². The minimum absolute atomic E-state index is 0.0280. The quantitative estimate of drug-likeness (QED) is 0.916. The molecule has 0 aliphatic carbocycles. The zero-order chi connectivity index (χ0) is 13.9. The second kappa shape index (κ2) is 5.91. The van der Waals surface area contributed by atoms with E-state index in [1.165, 1.54) is 0 Å². The van der Waals surface area contributed by atoms with E-state index in [9.17, 15) is 0 Å². The first-order valence-electron chi connectivity index (χ1n) is 7.33. The van der Waals surface area contributed by atoms with Crippen LogP contribution in [0.2, 0.25) is 0 Å². The maximum absolute atomic E-state index is 5.90. The molecule has 0 bridgehead atoms. The summed E-state index contributed by atoms with van der Waals surface area (Å²) in [5, 5.41) is 0. The van der Waals surface area contributed by atoms with Gasteiger partial charge in [-0.2, -0.15) is 0 Å². The smallest absolute Gasteiger partial charge is 0.137 e. The van der Waals surface area contributed by atoms with Gasteiger partial charge in [-0.1, -0.05) is 13.0 Å². The lowest BCUT2D eigenvalue weighted by Gasteiger charge is -2.39. The van der Waals surface area contributed by atoms with E-state index < -0.39 is 0 Å². The summed E-state index contributed by atoms with van der Waals surface area (Å²) in [6.07, 6.45) is 5.28. The summed E-state index contributed by atoms with van der Waals surface area (Å²) in [6.45, 7) is 5.49. The van der Waals surface area contributed by atoms with Crippen molar-refractivity contribution in [2.75, 3.05) is 26.2 Å². The fourth-order valence-electron chi connectivity index (χ4n) is 3.00. The van der Waals surface area contributed by atoms with Gasteiger partial charge in [0.05, 0.1) is 24.4 Å². The van der Waals surface area contributed by atoms with Crippen molar-refractivity contribution < 1.29 is 4.74 Å². The van der Waals surface area contributed by atoms with E-state index in [2.05, 4.69) is 22.4 Å². The monoisotopic (exact) mass is 274 g/mol. The fourth-order valence-corrected chi connectivity index (χ4v) is 3.00. The second-order valence-electron chi connectivity index (χ2n) is 5.26. The Hall–Kier alpha value is -1.43. The molecule has 3 heterocycles. The first-order chi connectivity index (χ1) is 9.83. The van der Waals surface area contributed by atoms with Crippen LogP contribution in [0.15, 0.2) is 30.6 Å². The minimum Gasteiger partial charge on any atom is -0.374 e. The Balaban J connectivity index is 1.97. The molecule has 0 radical (unpaired) electrons. The van der Waals surface area contributed by atoms with Gasteiger partial charge in [0.2, 0.25) is 0 Å². The average Bonchev–Trinajstić information content (AvgIpc) is 2.90. The van der Waals surface area contributed by atoms with Crippen LogP contribution in [0.1, 0.15) is 25.1 Å². The maximum atomic E-state index is 5.90. The van der Waals surface area contributed by atoms with Crippen LogP contribution in [0.3, 0.4) is 0 Å². The molecule has 108 valence electrons. The van der Waals surface area contributed by atoms with Crippen molar-refractivity contribution in [3.05, 3.63) is 36.3 Å². The molecule has 2 atom stereocenters. The first kappa shape index (κ1) is 13.5. The summed E-state index contributed by atoms with van der Waals surface area (Å²) >= 11 is 0. The van der Waals surface area contributed by atoms with E-state index >= 15 is 0 Å². The van der Waals surface area contributed by atoms with Crippen LogP contribution in [-0.2, 0) is 4.74 Å². The van der Waals surface area contributed by atoms with E-state index in [-0.39, 0.29) is 12.1 Å². The van der Waals surface area contributed by atoms with E-state index in [0.717, 1.165) is 37.5 Å². The van der Waals surface area contributed by atoms with E-state index in [4.69, 9.17) is 15.5 Å². The number of aromatic nitrogens is 2. The Kier molecular flexibility index (Phi) is 4.00. The molecular formula is C15H22N4O. The number of hydrogen-bond acceptors (Lipinski definition) is 4. The predicted molar refractivity (Wildman–Crippen MR) is 78.6 cm³/mol. The molecular weight excluding hydrogens is 252 g/mol. The number of rotatable bonds is 4. The molecule has 5 nitrogen and oxygen atoms in total. The van der Waals surface area contributed by atoms with Crippen molar-refractivity contribution in [3.8, 4) is 0 Å². The molecule has 1 aliphatic rings. The molecule has 2 aromatic rings. The molecule has 2 aromatic heterocycles. The largest absolute Gasteiger partial charge is 0.374 e. The molecule has 3 rings (SSSR count). The van der Waals surface area contributed by atoms with Crippen molar-refractivity contribution >= 4 is 5.65 Å². The van der Waals surface area contributed by atoms with Gasteiger partial charge in [-0.25, -0.2) is 4.98 Å². The van der Waals surface area contributed by atoms with Crippen LogP contribution < -0.4 is 5.73 Å². The third-order valence-electron chi connectivity index (χ3n) is 3.88. The number of nitrogens with two attached hydrogens (primary N) is 1. The Morgan fingerprint density at radius 1 is 1.45 bits per heavy atom. The number of hydrogen-bond donors (Lipinski definition) is 1. The normalized spacial score (nSPS) is 24.3. The molecule has 0 amide bonds. The summed E-state index contributed by atoms with van der Waals surface area (Å²) in [7, 11) is 0. The number of imidazole rings is 1. The van der Waals surface area contributed by atoms with Gasteiger partial charge < -0.3 is 14.9 Å². The molecule has 0 spiro atoms. The average molecular weight is 274 g/mol. The van der Waals surface area contributed by atoms with Gasteiger partial charge in [0.1, 0.15) is 5.65 Å². The first-order valence-corrected chi connectivity index (χ1v) is 7.33. The number of morpholine rings is 1. The number of ether oxygens (including phenoxy) is 1. The van der Waals surface area contributed by atoms with Crippen LogP contribution in [0, 0.1) is 0 Å². The summed E-state index contributed by atoms with van der Waals surface area (Å²) < 4.78 is 7.91. The highest BCUT2D eigenvalue weighted by atomic mass is 16.5. The molecule has 5 heteroatoms. The zero-order valence-electron chi connectivity index (χ0n) is 11.9. The molecule has 1 saturated heterocycles. The Morgan fingerprint density at radius 2 is 2.35 bits per heavy atom. The van der Waals surface area contributed by atoms with Gasteiger partial charge >= 0.3 is 0 Å². The molecule has 0 aromatic carbocycles. The lowest BCUT2D eigenvalue weighted by molar-refractivity contribution is -0.0688. The maximum Gasteiger partial charge on any atom is 0.137 e. The Morgan fingerprint density at radius 3 is 3.10 bits per heavy atom. The lowest BCUT2D eigenvalue weighted by Crippen LogP contribution is -2.48. The highest BCUT2D eigenvalue weighted by molar-refractivity contribution is 5.40. The van der Waals surface area contributed by atoms with Gasteiger partial charge in [0.15, 0.2) is 0 Å². The van der Waals surface area contributed by atoms with Gasteiger partial charge in [0, 0.05) is 25.5 Å². The zero-order valence-corrected chi connectivity index (χ0v) is 11.9. The number of pyridine rings is 1. The van der Waals surface area contributed by atoms with Crippen LogP contribution in [0.5, 0.6) is 0 Å². The van der Waals surface area contributed by atoms with Crippen molar-refractivity contribution in [1.82, 2.24) is 14.3 Å². The van der Waals surface area contributed by atoms with Gasteiger partial charge in [0.25, 0.3) is 0 Å². The van der Waals surface area contributed by atoms with E-state index in [1.807, 2.05) is 24.4 Å². The fraction of sp³-hybridized carbons (Fsp3) is 0.533. The summed E-state index contributed by atoms with van der Waals surface area (Å²) in [6, 6.07) is 6.20. The van der Waals surface area contributed by atoms with Crippen LogP contribution in [0.25, 0.3) is 5.65 Å². The summed E-state index contributed by atoms with van der Waals surface area (Å²) in [5.41, 5.74) is 7.93. The van der Waals surface area contributed by atoms with Crippen molar-refractivity contribution in [1.29, 1.82) is 0 Å². The third kappa shape index (κ3) is 2.44. The number of fused-ring (bicyclic) bond motifs is 1. The van der Waals surface area contributed by atoms with Gasteiger partial charge in [-0.05, 0) is 25.1 Å². The predicted octanol–water partition coefficient (Wildman–Crippen LogP) is 1.44. The minimum atomic E-state index is 0.0280. The standard InChI is InChI=1S/C15H22N4O/c1-2-6-18-8-9-20-13(10-16)15(18)12-11-19-7-4-3-5-14(19)17-12/h3-5,7,11,13,15H,2,6,8-10,16H2,1H3. The molecule has 2 N–H and O–H groups in total. The number of nitrogens with zero attached hydrogens (tertiary/aromatic N) is 3. The second-order valence-corrected chi connectivity index (χ2v) is 5.26. The molecule has 1 aliphatic heterocycles. The van der Waals surface area contributed by atoms with Crippen LogP contribution >= 0.6 is 0 Å². The lowest BCUT2D eigenvalue weighted by atomic mass is 10.0. The third-order valence-corrected chi connectivity index (χ3v) is 3.88.